The number of aromatic nitrogens is 3. The normalized spacial score (nSPS) is 7.50. The number of nitrogen functional groups attached to an aromatic ring is 1. The Morgan fingerprint density at radius 1 is 1.50 bits per heavy atom. The summed E-state index contributed by atoms with van der Waals surface area (Å²) in [4.78, 5) is 0. The Kier molecular flexibility index (Phi) is 2.42. The Morgan fingerprint density at radius 2 is 2.25 bits per heavy atom. The van der Waals surface area contributed by atoms with Crippen LogP contribution in [0, 0.1) is 0 Å². The number of hydrogen-bond acceptors (Lipinski definition) is 5. The van der Waals surface area contributed by atoms with Crippen molar-refractivity contribution in [1.29, 1.82) is 0 Å². The van der Waals surface area contributed by atoms with Crippen molar-refractivity contribution in [2.24, 2.45) is 0 Å². The summed E-state index contributed by atoms with van der Waals surface area (Å²) >= 11 is 0. The first kappa shape index (κ1) is 6.77. The molecule has 0 bridgehead atoms. The first-order valence-electron chi connectivity index (χ1n) is 1.79. The van der Waals surface area contributed by atoms with Crippen molar-refractivity contribution in [3.8, 4) is 0 Å². The maximum absolute atomic E-state index is 5.14. The van der Waals surface area contributed by atoms with E-state index in [1.165, 1.54) is 6.20 Å². The van der Waals surface area contributed by atoms with Crippen LogP contribution in [0.3, 0.4) is 0 Å². The van der Waals surface area contributed by atoms with Gasteiger partial charge in [-0.2, -0.15) is 0 Å². The molecule has 1 aromatic heterocycles. The van der Waals surface area contributed by atoms with E-state index in [4.69, 9.17) is 5.73 Å². The lowest BCUT2D eigenvalue weighted by Gasteiger charge is -1.80. The lowest BCUT2D eigenvalue weighted by atomic mass is 10.6. The molecule has 0 unspecified atom stereocenters. The predicted octanol–water partition coefficient (Wildman–Crippen LogP) is -0.384. The highest BCUT2D eigenvalue weighted by molar-refractivity contribution is 5.21. The van der Waals surface area contributed by atoms with Gasteiger partial charge in [-0.15, -0.1) is 10.2 Å². The highest BCUT2D eigenvalue weighted by atomic mass is 15.3. The van der Waals surface area contributed by atoms with Crippen molar-refractivity contribution in [2.75, 3.05) is 5.73 Å². The van der Waals surface area contributed by atoms with Crippen LogP contribution < -0.4 is 11.9 Å². The summed E-state index contributed by atoms with van der Waals surface area (Å²) in [5.41, 5.74) is 5.14. The average molecular weight is 113 g/mol. The van der Waals surface area contributed by atoms with E-state index in [1.54, 1.807) is 6.07 Å². The van der Waals surface area contributed by atoms with Crippen molar-refractivity contribution in [3.63, 3.8) is 0 Å². The third kappa shape index (κ3) is 1.48. The summed E-state index contributed by atoms with van der Waals surface area (Å²) in [6.45, 7) is 0. The van der Waals surface area contributed by atoms with E-state index in [2.05, 4.69) is 15.4 Å². The second kappa shape index (κ2) is 2.86. The van der Waals surface area contributed by atoms with E-state index >= 15 is 0 Å². The number of hydrogen-bond donors (Lipinski definition) is 2. The summed E-state index contributed by atoms with van der Waals surface area (Å²) < 4.78 is 0. The minimum absolute atomic E-state index is 0. The van der Waals surface area contributed by atoms with E-state index in [-0.39, 0.29) is 6.15 Å². The van der Waals surface area contributed by atoms with Gasteiger partial charge in [0.25, 0.3) is 0 Å². The van der Waals surface area contributed by atoms with Crippen LogP contribution in [0.25, 0.3) is 0 Å². The first-order valence-corrected chi connectivity index (χ1v) is 1.79. The molecule has 5 heteroatoms. The van der Waals surface area contributed by atoms with Gasteiger partial charge in [0.1, 0.15) is 5.82 Å². The molecule has 8 heavy (non-hydrogen) atoms. The van der Waals surface area contributed by atoms with Gasteiger partial charge in [-0.3, -0.25) is 0 Å². The fourth-order valence-corrected chi connectivity index (χ4v) is 0.250. The molecule has 0 aliphatic carbocycles. The van der Waals surface area contributed by atoms with Gasteiger partial charge in [0.15, 0.2) is 0 Å². The van der Waals surface area contributed by atoms with Crippen LogP contribution in [-0.2, 0) is 0 Å². The fraction of sp³-hybridized carbons (Fsp3) is 0. The standard InChI is InChI=1S/C3H4N4.H3N/c4-3-1-2-5-7-6-3;/h1-2H,(H2,4,5,6);1H3. The van der Waals surface area contributed by atoms with Crippen LogP contribution in [0.4, 0.5) is 5.82 Å². The molecule has 1 rings (SSSR count). The van der Waals surface area contributed by atoms with Gasteiger partial charge in [0.2, 0.25) is 0 Å². The number of nitrogens with two attached hydrogens (primary N) is 1. The van der Waals surface area contributed by atoms with Crippen LogP contribution in [0.1, 0.15) is 0 Å². The number of anilines is 1. The third-order valence-electron chi connectivity index (χ3n) is 0.524. The van der Waals surface area contributed by atoms with E-state index in [0.29, 0.717) is 5.82 Å². The molecular weight excluding hydrogens is 106 g/mol. The molecule has 0 saturated heterocycles. The number of nitrogens with zero attached hydrogens (tertiary/aromatic N) is 3. The fourth-order valence-electron chi connectivity index (χ4n) is 0.250. The average Bonchev–Trinajstić information content (AvgIpc) is 1.69. The molecule has 0 fully saturated rings. The molecule has 0 radical (unpaired) electrons. The van der Waals surface area contributed by atoms with E-state index < -0.39 is 0 Å². The molecule has 1 aromatic rings. The van der Waals surface area contributed by atoms with Crippen LogP contribution in [-0.4, -0.2) is 15.4 Å². The minimum Gasteiger partial charge on any atom is -0.382 e. The van der Waals surface area contributed by atoms with Gasteiger partial charge in [-0.25, -0.2) is 0 Å². The van der Waals surface area contributed by atoms with Crippen molar-refractivity contribution in [1.82, 2.24) is 21.6 Å². The lowest BCUT2D eigenvalue weighted by Crippen LogP contribution is -1.91. The van der Waals surface area contributed by atoms with Crippen molar-refractivity contribution < 1.29 is 0 Å². The molecule has 44 valence electrons. The zero-order valence-corrected chi connectivity index (χ0v) is 4.28. The third-order valence-corrected chi connectivity index (χ3v) is 0.524. The largest absolute Gasteiger partial charge is 0.382 e. The van der Waals surface area contributed by atoms with Crippen molar-refractivity contribution >= 4 is 5.82 Å². The van der Waals surface area contributed by atoms with Crippen LogP contribution in [0.2, 0.25) is 0 Å². The summed E-state index contributed by atoms with van der Waals surface area (Å²) in [6, 6.07) is 1.58. The molecular formula is C3H7N5. The first-order chi connectivity index (χ1) is 3.39. The summed E-state index contributed by atoms with van der Waals surface area (Å²) in [6.07, 6.45) is 1.49. The van der Waals surface area contributed by atoms with Gasteiger partial charge in [-0.1, -0.05) is 0 Å². The topological polar surface area (TPSA) is 99.7 Å². The van der Waals surface area contributed by atoms with Gasteiger partial charge < -0.3 is 11.9 Å². The predicted molar refractivity (Wildman–Crippen MR) is 29.3 cm³/mol. The zero-order valence-electron chi connectivity index (χ0n) is 4.28. The molecule has 0 aliphatic rings. The van der Waals surface area contributed by atoms with Gasteiger partial charge in [-0.05, 0) is 5.21 Å². The Hall–Kier alpha value is -1.23. The highest BCUT2D eigenvalue weighted by Gasteiger charge is 1.76. The second-order valence-electron chi connectivity index (χ2n) is 1.05. The van der Waals surface area contributed by atoms with Gasteiger partial charge in [0.05, 0.1) is 6.20 Å². The Bertz CT molecular complexity index is 138. The Labute approximate surface area is 46.5 Å². The molecule has 0 aromatic carbocycles. The van der Waals surface area contributed by atoms with Gasteiger partial charge in [0, 0.05) is 6.07 Å². The Balaban J connectivity index is 0.000000490. The zero-order chi connectivity index (χ0) is 5.11. The lowest BCUT2D eigenvalue weighted by molar-refractivity contribution is 0.873. The molecule has 0 aliphatic heterocycles. The number of rotatable bonds is 0. The highest BCUT2D eigenvalue weighted by Crippen LogP contribution is 1.83. The van der Waals surface area contributed by atoms with E-state index in [9.17, 15) is 0 Å². The summed E-state index contributed by atoms with van der Waals surface area (Å²) in [7, 11) is 0. The smallest absolute Gasteiger partial charge is 0.149 e. The van der Waals surface area contributed by atoms with Gasteiger partial charge >= 0.3 is 0 Å². The van der Waals surface area contributed by atoms with Crippen molar-refractivity contribution in [3.05, 3.63) is 12.3 Å². The van der Waals surface area contributed by atoms with E-state index in [0.717, 1.165) is 0 Å². The summed E-state index contributed by atoms with van der Waals surface area (Å²) in [5.74, 6) is 0.398. The van der Waals surface area contributed by atoms with Crippen LogP contribution >= 0.6 is 0 Å². The molecule has 1 heterocycles. The SMILES string of the molecule is N.Nc1ccnnn1. The quantitative estimate of drug-likeness (QED) is 0.477. The monoisotopic (exact) mass is 113 g/mol. The molecule has 5 nitrogen and oxygen atoms in total. The molecule has 0 spiro atoms. The maximum atomic E-state index is 5.14. The summed E-state index contributed by atoms with van der Waals surface area (Å²) in [5, 5.41) is 10.1. The molecule has 0 amide bonds. The van der Waals surface area contributed by atoms with Crippen LogP contribution in [0.15, 0.2) is 12.3 Å². The molecule has 0 atom stereocenters. The van der Waals surface area contributed by atoms with Crippen LogP contribution in [0.5, 0.6) is 0 Å². The van der Waals surface area contributed by atoms with Crippen molar-refractivity contribution in [2.45, 2.75) is 0 Å². The second-order valence-corrected chi connectivity index (χ2v) is 1.05. The molecule has 0 saturated carbocycles. The Morgan fingerprint density at radius 3 is 2.50 bits per heavy atom. The van der Waals surface area contributed by atoms with E-state index in [1.807, 2.05) is 0 Å². The minimum atomic E-state index is 0. The molecule has 5 N–H and O–H groups in total. The maximum Gasteiger partial charge on any atom is 0.149 e.